The maximum Gasteiger partial charge on any atom is 0.228 e. The largest absolute Gasteiger partial charge is 0.400 e. The van der Waals surface area contributed by atoms with Gasteiger partial charge in [0.1, 0.15) is 0 Å². The van der Waals surface area contributed by atoms with Crippen molar-refractivity contribution in [3.8, 4) is 0 Å². The van der Waals surface area contributed by atoms with Gasteiger partial charge >= 0.3 is 0 Å². The van der Waals surface area contributed by atoms with E-state index in [1.165, 1.54) is 0 Å². The van der Waals surface area contributed by atoms with Crippen molar-refractivity contribution in [1.29, 1.82) is 0 Å². The Labute approximate surface area is 76.4 Å². The molecule has 0 spiro atoms. The fourth-order valence-electron chi connectivity index (χ4n) is 1.46. The third-order valence-corrected chi connectivity index (χ3v) is 3.13. The topological polar surface area (TPSA) is 40.5 Å². The number of hydrogen-bond acceptors (Lipinski definition) is 3. The lowest BCUT2D eigenvalue weighted by Gasteiger charge is -2.36. The van der Waals surface area contributed by atoms with Crippen LogP contribution in [0.25, 0.3) is 0 Å². The van der Waals surface area contributed by atoms with Gasteiger partial charge in [0.15, 0.2) is 0 Å². The molecule has 2 aliphatic heterocycles. The van der Waals surface area contributed by atoms with E-state index in [1.807, 2.05) is 22.9 Å². The van der Waals surface area contributed by atoms with E-state index in [0.717, 1.165) is 13.5 Å². The minimum Gasteiger partial charge on any atom is -0.400 e. The van der Waals surface area contributed by atoms with Crippen molar-refractivity contribution in [3.63, 3.8) is 0 Å². The van der Waals surface area contributed by atoms with Gasteiger partial charge < -0.3 is 10.0 Å². The number of nitrogens with zero attached hydrogens (tertiary/aromatic N) is 1. The third kappa shape index (κ3) is 1.36. The molecule has 0 aromatic heterocycles. The van der Waals surface area contributed by atoms with E-state index in [9.17, 15) is 4.79 Å². The van der Waals surface area contributed by atoms with Crippen LogP contribution in [-0.2, 0) is 4.79 Å². The Bertz CT molecular complexity index is 205. The third-order valence-electron chi connectivity index (χ3n) is 2.12. The van der Waals surface area contributed by atoms with E-state index in [2.05, 4.69) is 12.3 Å². The molecule has 0 radical (unpaired) electrons. The van der Waals surface area contributed by atoms with Crippen molar-refractivity contribution < 1.29 is 9.90 Å². The summed E-state index contributed by atoms with van der Waals surface area (Å²) in [7, 11) is 1.00. The maximum atomic E-state index is 10.8. The van der Waals surface area contributed by atoms with Gasteiger partial charge in [-0.15, -0.1) is 0 Å². The summed E-state index contributed by atoms with van der Waals surface area (Å²) in [6, 6.07) is 0.488. The summed E-state index contributed by atoms with van der Waals surface area (Å²) in [5.41, 5.74) is 0. The van der Waals surface area contributed by atoms with Crippen LogP contribution in [0.5, 0.6) is 0 Å². The normalized spacial score (nSPS) is 30.6. The molecule has 2 heterocycles. The zero-order valence-electron chi connectivity index (χ0n) is 7.23. The van der Waals surface area contributed by atoms with Gasteiger partial charge in [-0.3, -0.25) is 4.79 Å². The number of fused-ring (bicyclic) bond motifs is 1. The highest BCUT2D eigenvalue weighted by molar-refractivity contribution is 7.99. The van der Waals surface area contributed by atoms with E-state index < -0.39 is 0 Å². The molecule has 1 fully saturated rings. The second-order valence-electron chi connectivity index (χ2n) is 2.61. The van der Waals surface area contributed by atoms with Crippen LogP contribution in [0.15, 0.2) is 12.3 Å². The van der Waals surface area contributed by atoms with Crippen LogP contribution in [0, 0.1) is 0 Å². The number of amides is 1. The summed E-state index contributed by atoms with van der Waals surface area (Å²) in [5, 5.41) is 7.55. The zero-order chi connectivity index (χ0) is 9.14. The van der Waals surface area contributed by atoms with Gasteiger partial charge in [0.05, 0.1) is 6.04 Å². The van der Waals surface area contributed by atoms with Crippen molar-refractivity contribution in [2.24, 2.45) is 0 Å². The van der Waals surface area contributed by atoms with E-state index in [4.69, 9.17) is 5.11 Å². The molecule has 0 aromatic carbocycles. The summed E-state index contributed by atoms with van der Waals surface area (Å²) in [4.78, 5) is 12.7. The van der Waals surface area contributed by atoms with Crippen LogP contribution < -0.4 is 0 Å². The molecule has 1 amide bonds. The van der Waals surface area contributed by atoms with E-state index >= 15 is 0 Å². The molecule has 2 rings (SSSR count). The second-order valence-corrected chi connectivity index (χ2v) is 3.63. The second kappa shape index (κ2) is 3.96. The van der Waals surface area contributed by atoms with Crippen LogP contribution in [0.2, 0.25) is 0 Å². The fraction of sp³-hybridized carbons (Fsp3) is 0.625. The van der Waals surface area contributed by atoms with Crippen LogP contribution in [0.3, 0.4) is 0 Å². The van der Waals surface area contributed by atoms with E-state index in [-0.39, 0.29) is 5.91 Å². The SMILES string of the molecule is CO.CSC1C=CN2C(=O)C[C@@H]12. The maximum absolute atomic E-state index is 10.8. The van der Waals surface area contributed by atoms with Crippen molar-refractivity contribution in [3.05, 3.63) is 12.3 Å². The van der Waals surface area contributed by atoms with Gasteiger partial charge in [-0.05, 0) is 6.26 Å². The number of hydrogen-bond donors (Lipinski definition) is 1. The first kappa shape index (κ1) is 9.61. The first-order valence-corrected chi connectivity index (χ1v) is 5.08. The van der Waals surface area contributed by atoms with Crippen molar-refractivity contribution in [2.75, 3.05) is 13.4 Å². The molecule has 0 saturated carbocycles. The average Bonchev–Trinajstić information content (AvgIpc) is 2.45. The summed E-state index contributed by atoms with van der Waals surface area (Å²) < 4.78 is 0. The number of aliphatic hydroxyl groups is 1. The molecule has 12 heavy (non-hydrogen) atoms. The quantitative estimate of drug-likeness (QED) is 0.606. The highest BCUT2D eigenvalue weighted by atomic mass is 32.2. The Morgan fingerprint density at radius 3 is 2.75 bits per heavy atom. The minimum absolute atomic E-state index is 0.276. The van der Waals surface area contributed by atoms with Crippen LogP contribution >= 0.6 is 11.8 Å². The molecule has 68 valence electrons. The molecular weight excluding hydrogens is 174 g/mol. The Morgan fingerprint density at radius 1 is 1.67 bits per heavy atom. The smallest absolute Gasteiger partial charge is 0.228 e. The predicted molar refractivity (Wildman–Crippen MR) is 49.8 cm³/mol. The van der Waals surface area contributed by atoms with Gasteiger partial charge in [0, 0.05) is 25.0 Å². The van der Waals surface area contributed by atoms with Crippen LogP contribution in [0.4, 0.5) is 0 Å². The van der Waals surface area contributed by atoms with E-state index in [1.54, 1.807) is 0 Å². The van der Waals surface area contributed by atoms with Crippen molar-refractivity contribution in [2.45, 2.75) is 17.7 Å². The molecule has 2 atom stereocenters. The Morgan fingerprint density at radius 2 is 2.33 bits per heavy atom. The van der Waals surface area contributed by atoms with Gasteiger partial charge in [0.25, 0.3) is 0 Å². The Balaban J connectivity index is 0.000000336. The van der Waals surface area contributed by atoms with Crippen LogP contribution in [0.1, 0.15) is 6.42 Å². The predicted octanol–water partition coefficient (Wildman–Crippen LogP) is 0.455. The van der Waals surface area contributed by atoms with Crippen LogP contribution in [-0.4, -0.2) is 40.6 Å². The number of β-lactam (4-membered cyclic amide) rings is 1. The van der Waals surface area contributed by atoms with Gasteiger partial charge in [-0.25, -0.2) is 0 Å². The summed E-state index contributed by atoms with van der Waals surface area (Å²) in [6.07, 6.45) is 6.86. The molecule has 0 bridgehead atoms. The molecule has 0 aromatic rings. The fourth-order valence-corrected chi connectivity index (χ4v) is 2.23. The van der Waals surface area contributed by atoms with Gasteiger partial charge in [-0.1, -0.05) is 6.08 Å². The van der Waals surface area contributed by atoms with Gasteiger partial charge in [-0.2, -0.15) is 11.8 Å². The molecule has 4 heteroatoms. The summed E-state index contributed by atoms with van der Waals surface area (Å²) in [5.74, 6) is 0.276. The molecule has 1 unspecified atom stereocenters. The molecule has 3 nitrogen and oxygen atoms in total. The lowest BCUT2D eigenvalue weighted by Crippen LogP contribution is -2.50. The summed E-state index contributed by atoms with van der Waals surface area (Å²) >= 11 is 1.82. The first-order valence-electron chi connectivity index (χ1n) is 3.80. The molecule has 1 saturated heterocycles. The molecular formula is C8H13NO2S. The lowest BCUT2D eigenvalue weighted by atomic mass is 10.0. The number of carbonyl (C=O) groups excluding carboxylic acids is 1. The molecule has 2 aliphatic rings. The molecule has 0 aliphatic carbocycles. The lowest BCUT2D eigenvalue weighted by molar-refractivity contribution is -0.139. The average molecular weight is 187 g/mol. The standard InChI is InChI=1S/C7H9NOS.CH4O/c1-10-6-2-3-8-5(6)4-7(8)9;1-2/h2-3,5-6H,4H2,1H3;2H,1H3/t5-,6?;/m0./s1. The Hall–Kier alpha value is -0.480. The highest BCUT2D eigenvalue weighted by Gasteiger charge is 2.42. The van der Waals surface area contributed by atoms with Crippen molar-refractivity contribution in [1.82, 2.24) is 4.90 Å². The number of thioether (sulfide) groups is 1. The number of carbonyl (C=O) groups is 1. The molecule has 1 N–H and O–H groups in total. The Kier molecular flexibility index (Phi) is 3.17. The monoisotopic (exact) mass is 187 g/mol. The number of aliphatic hydroxyl groups excluding tert-OH is 1. The first-order chi connectivity index (χ1) is 5.83. The summed E-state index contributed by atoms with van der Waals surface area (Å²) in [6.45, 7) is 0. The van der Waals surface area contributed by atoms with Gasteiger partial charge in [0.2, 0.25) is 5.91 Å². The minimum atomic E-state index is 0.276. The highest BCUT2D eigenvalue weighted by Crippen LogP contribution is 2.34. The zero-order valence-corrected chi connectivity index (χ0v) is 8.04. The van der Waals surface area contributed by atoms with E-state index in [0.29, 0.717) is 11.3 Å². The number of rotatable bonds is 1. The van der Waals surface area contributed by atoms with Crippen molar-refractivity contribution >= 4 is 17.7 Å².